The van der Waals surface area contributed by atoms with Gasteiger partial charge < -0.3 is 22.0 Å². The third-order valence-corrected chi connectivity index (χ3v) is 6.26. The zero-order valence-electron chi connectivity index (χ0n) is 18.9. The molecule has 0 bridgehead atoms. The SMILES string of the molecule is N=C(N)c1ccc(CNC(=O)Cc2c(-c3cccc(N)c3)c(Cl)cc(=NC3CCC3)n2O)cc1F. The van der Waals surface area contributed by atoms with Gasteiger partial charge in [-0.3, -0.25) is 15.2 Å². The molecule has 1 heterocycles. The smallest absolute Gasteiger partial charge is 0.226 e. The predicted molar refractivity (Wildman–Crippen MR) is 133 cm³/mol. The first kappa shape index (κ1) is 24.3. The van der Waals surface area contributed by atoms with Crippen LogP contribution >= 0.6 is 11.6 Å². The number of rotatable bonds is 7. The van der Waals surface area contributed by atoms with Crippen molar-refractivity contribution in [2.24, 2.45) is 10.7 Å². The molecule has 1 aliphatic rings. The van der Waals surface area contributed by atoms with Crippen molar-refractivity contribution in [3.63, 3.8) is 0 Å². The van der Waals surface area contributed by atoms with E-state index < -0.39 is 11.7 Å². The molecule has 7 N–H and O–H groups in total. The number of amides is 1. The quantitative estimate of drug-likeness (QED) is 0.148. The summed E-state index contributed by atoms with van der Waals surface area (Å²) in [4.78, 5) is 17.5. The van der Waals surface area contributed by atoms with E-state index in [4.69, 9.17) is 28.5 Å². The molecule has 1 amide bonds. The molecule has 0 atom stereocenters. The standard InChI is InChI=1S/C25H26ClFN6O2/c26-19-11-22(32-17-5-2-6-17)33(35)21(24(19)15-3-1-4-16(28)10-15)12-23(34)31-13-14-7-8-18(25(29)30)20(27)9-14/h1,3-4,7-11,17,35H,2,5-6,12-13,28H2,(H3,29,30)(H,31,34). The van der Waals surface area contributed by atoms with Crippen LogP contribution in [0.15, 0.2) is 53.5 Å². The molecule has 2 aromatic carbocycles. The summed E-state index contributed by atoms with van der Waals surface area (Å²) in [7, 11) is 0. The number of halogens is 2. The van der Waals surface area contributed by atoms with Crippen LogP contribution < -0.4 is 22.3 Å². The van der Waals surface area contributed by atoms with Crippen LogP contribution in [-0.2, 0) is 17.8 Å². The molecule has 10 heteroatoms. The van der Waals surface area contributed by atoms with Crippen LogP contribution in [0.1, 0.15) is 36.1 Å². The summed E-state index contributed by atoms with van der Waals surface area (Å²) in [5.41, 5.74) is 14.0. The summed E-state index contributed by atoms with van der Waals surface area (Å²) >= 11 is 6.63. The first-order valence-electron chi connectivity index (χ1n) is 11.2. The molecule has 1 aromatic heterocycles. The van der Waals surface area contributed by atoms with Gasteiger partial charge in [-0.05, 0) is 54.7 Å². The molecule has 0 unspecified atom stereocenters. The number of nitrogens with two attached hydrogens (primary N) is 2. The van der Waals surface area contributed by atoms with Crippen LogP contribution in [0.4, 0.5) is 10.1 Å². The average Bonchev–Trinajstić information content (AvgIpc) is 2.77. The summed E-state index contributed by atoms with van der Waals surface area (Å²) in [6, 6.07) is 12.9. The Kier molecular flexibility index (Phi) is 7.07. The first-order chi connectivity index (χ1) is 16.7. The van der Waals surface area contributed by atoms with Gasteiger partial charge in [0.05, 0.1) is 28.7 Å². The number of carbonyl (C=O) groups is 1. The van der Waals surface area contributed by atoms with E-state index >= 15 is 0 Å². The second-order valence-corrected chi connectivity index (χ2v) is 8.91. The number of aromatic nitrogens is 1. The van der Waals surface area contributed by atoms with E-state index in [2.05, 4.69) is 10.3 Å². The van der Waals surface area contributed by atoms with E-state index in [0.29, 0.717) is 27.4 Å². The fourth-order valence-electron chi connectivity index (χ4n) is 3.89. The van der Waals surface area contributed by atoms with Crippen molar-refractivity contribution in [3.8, 4) is 11.1 Å². The van der Waals surface area contributed by atoms with Crippen LogP contribution in [-0.4, -0.2) is 27.7 Å². The van der Waals surface area contributed by atoms with E-state index in [9.17, 15) is 14.4 Å². The Hall–Kier alpha value is -3.85. The topological polar surface area (TPSA) is 143 Å². The van der Waals surface area contributed by atoms with Gasteiger partial charge in [0.1, 0.15) is 11.7 Å². The summed E-state index contributed by atoms with van der Waals surface area (Å²) in [6.07, 6.45) is 2.74. The monoisotopic (exact) mass is 496 g/mol. The van der Waals surface area contributed by atoms with Crippen LogP contribution in [0.5, 0.6) is 0 Å². The van der Waals surface area contributed by atoms with Crippen molar-refractivity contribution in [2.45, 2.75) is 38.3 Å². The highest BCUT2D eigenvalue weighted by Gasteiger charge is 2.21. The van der Waals surface area contributed by atoms with Crippen LogP contribution in [0.25, 0.3) is 11.1 Å². The van der Waals surface area contributed by atoms with E-state index in [0.717, 1.165) is 24.0 Å². The number of benzene rings is 2. The number of nitrogens with one attached hydrogen (secondary N) is 2. The van der Waals surface area contributed by atoms with Gasteiger partial charge in [-0.1, -0.05) is 29.8 Å². The number of anilines is 1. The molecule has 1 saturated carbocycles. The zero-order valence-corrected chi connectivity index (χ0v) is 19.6. The normalized spacial score (nSPS) is 13.9. The summed E-state index contributed by atoms with van der Waals surface area (Å²) in [6.45, 7) is 0.0485. The minimum Gasteiger partial charge on any atom is -0.427 e. The van der Waals surface area contributed by atoms with Crippen molar-refractivity contribution >= 4 is 29.0 Å². The molecule has 0 radical (unpaired) electrons. The van der Waals surface area contributed by atoms with E-state index in [-0.39, 0.29) is 41.6 Å². The van der Waals surface area contributed by atoms with Gasteiger partial charge in [-0.25, -0.2) is 4.39 Å². The Balaban J connectivity index is 1.64. The number of carbonyl (C=O) groups excluding carboxylic acids is 1. The highest BCUT2D eigenvalue weighted by Crippen LogP contribution is 2.32. The molecular weight excluding hydrogens is 471 g/mol. The highest BCUT2D eigenvalue weighted by molar-refractivity contribution is 6.33. The number of amidine groups is 1. The van der Waals surface area contributed by atoms with Crippen LogP contribution in [0.2, 0.25) is 5.02 Å². The maximum absolute atomic E-state index is 14.1. The van der Waals surface area contributed by atoms with E-state index in [1.54, 1.807) is 36.4 Å². The Morgan fingerprint density at radius 2 is 2.03 bits per heavy atom. The predicted octanol–water partition coefficient (Wildman–Crippen LogP) is 3.36. The molecule has 0 saturated heterocycles. The second-order valence-electron chi connectivity index (χ2n) is 8.50. The minimum atomic E-state index is -0.640. The fourth-order valence-corrected chi connectivity index (χ4v) is 4.20. The lowest BCUT2D eigenvalue weighted by Gasteiger charge is -2.22. The van der Waals surface area contributed by atoms with Crippen LogP contribution in [0, 0.1) is 11.2 Å². The lowest BCUT2D eigenvalue weighted by atomic mass is 9.94. The lowest BCUT2D eigenvalue weighted by Crippen LogP contribution is -2.31. The lowest BCUT2D eigenvalue weighted by molar-refractivity contribution is -0.120. The molecule has 0 aliphatic heterocycles. The van der Waals surface area contributed by atoms with E-state index in [1.165, 1.54) is 12.1 Å². The van der Waals surface area contributed by atoms with Gasteiger partial charge in [-0.2, -0.15) is 4.73 Å². The van der Waals surface area contributed by atoms with Gasteiger partial charge in [-0.15, -0.1) is 0 Å². The van der Waals surface area contributed by atoms with Crippen molar-refractivity contribution < 1.29 is 14.4 Å². The maximum atomic E-state index is 14.1. The van der Waals surface area contributed by atoms with Crippen molar-refractivity contribution in [1.82, 2.24) is 10.0 Å². The number of nitrogen functional groups attached to an aromatic ring is 2. The van der Waals surface area contributed by atoms with Gasteiger partial charge >= 0.3 is 0 Å². The second kappa shape index (κ2) is 10.2. The molecule has 8 nitrogen and oxygen atoms in total. The molecule has 35 heavy (non-hydrogen) atoms. The molecule has 4 rings (SSSR count). The van der Waals surface area contributed by atoms with Gasteiger partial charge in [0.2, 0.25) is 5.91 Å². The Labute approximate surface area is 206 Å². The largest absolute Gasteiger partial charge is 0.427 e. The average molecular weight is 497 g/mol. The molecular formula is C25H26ClFN6O2. The van der Waals surface area contributed by atoms with Crippen molar-refractivity contribution in [3.05, 3.63) is 81.7 Å². The molecule has 1 aliphatic carbocycles. The van der Waals surface area contributed by atoms with Gasteiger partial charge in [0.25, 0.3) is 0 Å². The maximum Gasteiger partial charge on any atom is 0.226 e. The summed E-state index contributed by atoms with van der Waals surface area (Å²) < 4.78 is 15.0. The van der Waals surface area contributed by atoms with Gasteiger partial charge in [0, 0.05) is 23.9 Å². The van der Waals surface area contributed by atoms with Crippen molar-refractivity contribution in [1.29, 1.82) is 5.41 Å². The number of hydrogen-bond acceptors (Lipinski definition) is 5. The Morgan fingerprint density at radius 1 is 1.26 bits per heavy atom. The fraction of sp³-hybridized carbons (Fsp3) is 0.240. The van der Waals surface area contributed by atoms with Crippen molar-refractivity contribution in [2.75, 3.05) is 5.73 Å². The molecule has 182 valence electrons. The van der Waals surface area contributed by atoms with Crippen LogP contribution in [0.3, 0.4) is 0 Å². The minimum absolute atomic E-state index is 0.00477. The summed E-state index contributed by atoms with van der Waals surface area (Å²) in [5, 5.41) is 21.5. The number of hydrogen-bond donors (Lipinski definition) is 5. The van der Waals surface area contributed by atoms with Gasteiger partial charge in [0.15, 0.2) is 5.49 Å². The molecule has 0 spiro atoms. The summed E-state index contributed by atoms with van der Waals surface area (Å²) in [5.74, 6) is -1.42. The zero-order chi connectivity index (χ0) is 25.1. The number of nitrogens with zero attached hydrogens (tertiary/aromatic N) is 2. The third-order valence-electron chi connectivity index (χ3n) is 5.96. The Bertz CT molecular complexity index is 1370. The molecule has 1 fully saturated rings. The van der Waals surface area contributed by atoms with E-state index in [1.807, 2.05) is 0 Å². The third kappa shape index (κ3) is 5.46. The Morgan fingerprint density at radius 3 is 2.66 bits per heavy atom. The number of pyridine rings is 1. The molecule has 3 aromatic rings. The first-order valence-corrected chi connectivity index (χ1v) is 11.5. The highest BCUT2D eigenvalue weighted by atomic mass is 35.5.